The Morgan fingerprint density at radius 1 is 1.21 bits per heavy atom. The first-order valence-corrected chi connectivity index (χ1v) is 5.22. The molecule has 2 nitrogen and oxygen atoms in total. The van der Waals surface area contributed by atoms with Crippen LogP contribution in [0.15, 0.2) is 0 Å². The Balaban J connectivity index is 0. The third-order valence-electron chi connectivity index (χ3n) is 1.90. The van der Waals surface area contributed by atoms with Gasteiger partial charge in [0.1, 0.15) is 0 Å². The topological polar surface area (TPSA) is 12.5 Å². The van der Waals surface area contributed by atoms with Gasteiger partial charge in [0.25, 0.3) is 0 Å². The fourth-order valence-electron chi connectivity index (χ4n) is 1.13. The van der Waals surface area contributed by atoms with E-state index < -0.39 is 0 Å². The van der Waals surface area contributed by atoms with Gasteiger partial charge in [-0.25, -0.2) is 0 Å². The molecule has 0 radical (unpaired) electrons. The third-order valence-corrected chi connectivity index (χ3v) is 1.90. The molecule has 0 atom stereocenters. The average molecular weight is 225 g/mol. The maximum atomic E-state index is 5.48. The fraction of sp³-hybridized carbons (Fsp3) is 0.909. The van der Waals surface area contributed by atoms with Crippen molar-refractivity contribution in [1.82, 2.24) is 4.90 Å². The van der Waals surface area contributed by atoms with E-state index in [0.29, 0.717) is 0 Å². The second-order valence-electron chi connectivity index (χ2n) is 4.08. The average Bonchev–Trinajstić information content (AvgIpc) is 2.01. The van der Waals surface area contributed by atoms with Crippen LogP contribution in [0.1, 0.15) is 33.1 Å². The smallest absolute Gasteiger partial charge is 0.462 e. The van der Waals surface area contributed by atoms with Crippen molar-refractivity contribution in [1.29, 1.82) is 0 Å². The molecule has 0 aliphatic carbocycles. The van der Waals surface area contributed by atoms with Crippen molar-refractivity contribution in [2.45, 2.75) is 33.1 Å². The first-order chi connectivity index (χ1) is 6.13. The molecule has 0 aromatic rings. The van der Waals surface area contributed by atoms with Crippen molar-refractivity contribution in [3.63, 3.8) is 0 Å². The van der Waals surface area contributed by atoms with Gasteiger partial charge in [0.2, 0.25) is 0 Å². The van der Waals surface area contributed by atoms with Gasteiger partial charge in [0.15, 0.2) is 0 Å². The molecule has 0 amide bonds. The summed E-state index contributed by atoms with van der Waals surface area (Å²) < 4.78 is 5.48. The standard InChI is InChI=1S/C11H24NO.K/c1-11(2)7-5-9-13-10-6-8-12(3)4;/h11H,3,5-10H2,1-2,4H3;/q-1;+1. The molecule has 0 saturated heterocycles. The third kappa shape index (κ3) is 16.0. The zero-order valence-corrected chi connectivity index (χ0v) is 13.5. The Labute approximate surface area is 132 Å². The van der Waals surface area contributed by atoms with Crippen molar-refractivity contribution >= 4 is 0 Å². The molecule has 0 spiro atoms. The van der Waals surface area contributed by atoms with Crippen molar-refractivity contribution in [2.24, 2.45) is 5.92 Å². The van der Waals surface area contributed by atoms with E-state index in [2.05, 4.69) is 20.9 Å². The summed E-state index contributed by atoms with van der Waals surface area (Å²) in [5.74, 6) is 0.801. The summed E-state index contributed by atoms with van der Waals surface area (Å²) in [6.07, 6.45) is 3.55. The van der Waals surface area contributed by atoms with Crippen LogP contribution in [0.4, 0.5) is 0 Å². The Morgan fingerprint density at radius 3 is 2.29 bits per heavy atom. The summed E-state index contributed by atoms with van der Waals surface area (Å²) in [5.41, 5.74) is 0. The minimum atomic E-state index is 0. The van der Waals surface area contributed by atoms with Crippen LogP contribution in [-0.4, -0.2) is 31.7 Å². The molecule has 0 N–H and O–H groups in total. The molecule has 0 saturated carbocycles. The molecule has 0 rings (SSSR count). The minimum absolute atomic E-state index is 0. The van der Waals surface area contributed by atoms with Gasteiger partial charge in [-0.05, 0) is 38.8 Å². The first kappa shape index (κ1) is 17.9. The number of hydrogen-bond donors (Lipinski definition) is 0. The summed E-state index contributed by atoms with van der Waals surface area (Å²) in [4.78, 5) is 1.94. The van der Waals surface area contributed by atoms with Gasteiger partial charge in [-0.1, -0.05) is 13.8 Å². The SMILES string of the molecule is [CH2-]N(C)CCCOCCCC(C)C.[K+]. The van der Waals surface area contributed by atoms with Crippen LogP contribution >= 0.6 is 0 Å². The monoisotopic (exact) mass is 225 g/mol. The number of rotatable bonds is 8. The predicted molar refractivity (Wildman–Crippen MR) is 57.5 cm³/mol. The molecule has 0 unspecified atom stereocenters. The molecule has 0 aliphatic heterocycles. The minimum Gasteiger partial charge on any atom is -0.462 e. The van der Waals surface area contributed by atoms with E-state index in [9.17, 15) is 0 Å². The molecule has 0 aliphatic rings. The molecule has 80 valence electrons. The molecule has 0 heterocycles. The van der Waals surface area contributed by atoms with Gasteiger partial charge in [-0.2, -0.15) is 0 Å². The van der Waals surface area contributed by atoms with E-state index in [4.69, 9.17) is 4.74 Å². The van der Waals surface area contributed by atoms with Crippen molar-refractivity contribution in [3.8, 4) is 0 Å². The molecular formula is C11H24KNO. The van der Waals surface area contributed by atoms with Gasteiger partial charge >= 0.3 is 51.4 Å². The maximum absolute atomic E-state index is 5.48. The Kier molecular flexibility index (Phi) is 16.2. The van der Waals surface area contributed by atoms with E-state index in [0.717, 1.165) is 32.1 Å². The number of nitrogens with zero attached hydrogens (tertiary/aromatic N) is 1. The molecule has 0 aromatic heterocycles. The van der Waals surface area contributed by atoms with E-state index in [1.165, 1.54) is 12.8 Å². The second kappa shape index (κ2) is 12.6. The molecule has 14 heavy (non-hydrogen) atoms. The van der Waals surface area contributed by atoms with Crippen molar-refractivity contribution in [3.05, 3.63) is 7.05 Å². The maximum Gasteiger partial charge on any atom is 1.00 e. The van der Waals surface area contributed by atoms with Gasteiger partial charge in [-0.15, -0.1) is 0 Å². The van der Waals surface area contributed by atoms with Crippen LogP contribution in [0.5, 0.6) is 0 Å². The van der Waals surface area contributed by atoms with Crippen LogP contribution in [0.25, 0.3) is 0 Å². The molecule has 0 bridgehead atoms. The van der Waals surface area contributed by atoms with Crippen LogP contribution < -0.4 is 51.4 Å². The summed E-state index contributed by atoms with van der Waals surface area (Å²) in [6, 6.07) is 0. The van der Waals surface area contributed by atoms with E-state index >= 15 is 0 Å². The van der Waals surface area contributed by atoms with Crippen molar-refractivity contribution < 1.29 is 56.1 Å². The summed E-state index contributed by atoms with van der Waals surface area (Å²) in [7, 11) is 5.76. The predicted octanol–water partition coefficient (Wildman–Crippen LogP) is -0.443. The quantitative estimate of drug-likeness (QED) is 0.315. The van der Waals surface area contributed by atoms with Gasteiger partial charge in [0, 0.05) is 13.2 Å². The van der Waals surface area contributed by atoms with Gasteiger partial charge in [-0.3, -0.25) is 7.05 Å². The molecule has 3 heteroatoms. The summed E-state index contributed by atoms with van der Waals surface area (Å²) in [6.45, 7) is 7.30. The Bertz CT molecular complexity index is 95.5. The van der Waals surface area contributed by atoms with Crippen LogP contribution in [0.2, 0.25) is 0 Å². The largest absolute Gasteiger partial charge is 1.00 e. The fourth-order valence-corrected chi connectivity index (χ4v) is 1.13. The van der Waals surface area contributed by atoms with Gasteiger partial charge in [0.05, 0.1) is 0 Å². The number of hydrogen-bond acceptors (Lipinski definition) is 2. The van der Waals surface area contributed by atoms with Crippen molar-refractivity contribution in [2.75, 3.05) is 26.8 Å². The molecule has 0 aromatic carbocycles. The van der Waals surface area contributed by atoms with E-state index in [1.807, 2.05) is 11.9 Å². The van der Waals surface area contributed by atoms with E-state index in [1.54, 1.807) is 0 Å². The summed E-state index contributed by atoms with van der Waals surface area (Å²) >= 11 is 0. The zero-order chi connectivity index (χ0) is 10.1. The van der Waals surface area contributed by atoms with Crippen LogP contribution in [0, 0.1) is 13.0 Å². The van der Waals surface area contributed by atoms with Crippen LogP contribution in [-0.2, 0) is 4.74 Å². The van der Waals surface area contributed by atoms with Crippen LogP contribution in [0.3, 0.4) is 0 Å². The first-order valence-electron chi connectivity index (χ1n) is 5.22. The van der Waals surface area contributed by atoms with E-state index in [-0.39, 0.29) is 51.4 Å². The molecule has 0 fully saturated rings. The number of ether oxygens (including phenoxy) is 1. The summed E-state index contributed by atoms with van der Waals surface area (Å²) in [5, 5.41) is 0. The molecular weight excluding hydrogens is 201 g/mol. The van der Waals surface area contributed by atoms with Gasteiger partial charge < -0.3 is 9.64 Å². The normalized spacial score (nSPS) is 10.7. The second-order valence-corrected chi connectivity index (χ2v) is 4.08. The Morgan fingerprint density at radius 2 is 1.79 bits per heavy atom. The zero-order valence-electron chi connectivity index (χ0n) is 10.4. The Hall–Kier alpha value is 1.56.